The van der Waals surface area contributed by atoms with Gasteiger partial charge in [0, 0.05) is 0 Å². The zero-order chi connectivity index (χ0) is 20.9. The molecule has 0 radical (unpaired) electrons. The molecule has 0 fully saturated rings. The average molecular weight is 378 g/mol. The number of hydrazone groups is 1. The lowest BCUT2D eigenvalue weighted by Crippen LogP contribution is -2.45. The molecule has 28 heavy (non-hydrogen) atoms. The number of benzene rings is 2. The van der Waals surface area contributed by atoms with Crippen molar-refractivity contribution in [2.75, 3.05) is 0 Å². The first kappa shape index (κ1) is 21.4. The Balaban J connectivity index is 1.98. The van der Waals surface area contributed by atoms with Crippen LogP contribution in [0.2, 0.25) is 0 Å². The first-order chi connectivity index (χ1) is 13.0. The Kier molecular flexibility index (Phi) is 6.45. The van der Waals surface area contributed by atoms with E-state index in [-0.39, 0.29) is 11.4 Å². The summed E-state index contributed by atoms with van der Waals surface area (Å²) in [6.07, 6.45) is 1.64. The molecule has 4 heteroatoms. The average Bonchev–Trinajstić information content (AvgIpc) is 2.61. The Morgan fingerprint density at radius 3 is 2.21 bits per heavy atom. The Hall–Kier alpha value is -2.88. The molecule has 0 bridgehead atoms. The van der Waals surface area contributed by atoms with Crippen LogP contribution in [-0.2, 0) is 11.0 Å². The number of hydrogen-bond donors (Lipinski definition) is 2. The Morgan fingerprint density at radius 1 is 1.00 bits per heavy atom. The predicted molar refractivity (Wildman–Crippen MR) is 119 cm³/mol. The standard InChI is InChI=1S/C24H31N3O/c1-17(2)19-9-8-10-21(15-19)24(6,7)26-22(28)27-25-16-18-11-13-20(14-12-18)23(3,4)5/h8-16H,1H2,2-7H3,(H2,26,27,28). The third kappa shape index (κ3) is 5.81. The van der Waals surface area contributed by atoms with Gasteiger partial charge in [0.1, 0.15) is 0 Å². The molecule has 4 nitrogen and oxygen atoms in total. The Morgan fingerprint density at radius 2 is 1.64 bits per heavy atom. The summed E-state index contributed by atoms with van der Waals surface area (Å²) >= 11 is 0. The molecule has 0 aliphatic rings. The topological polar surface area (TPSA) is 53.5 Å². The van der Waals surface area contributed by atoms with Gasteiger partial charge in [0.15, 0.2) is 0 Å². The number of nitrogens with zero attached hydrogens (tertiary/aromatic N) is 1. The van der Waals surface area contributed by atoms with Gasteiger partial charge in [-0.1, -0.05) is 75.4 Å². The van der Waals surface area contributed by atoms with Crippen molar-refractivity contribution in [2.45, 2.75) is 52.5 Å². The van der Waals surface area contributed by atoms with E-state index in [1.54, 1.807) is 6.21 Å². The third-order valence-electron chi connectivity index (χ3n) is 4.66. The Labute approximate surface area is 168 Å². The van der Waals surface area contributed by atoms with E-state index in [0.29, 0.717) is 0 Å². The van der Waals surface area contributed by atoms with E-state index in [0.717, 1.165) is 22.3 Å². The van der Waals surface area contributed by atoms with Gasteiger partial charge in [0.2, 0.25) is 0 Å². The van der Waals surface area contributed by atoms with Gasteiger partial charge in [0.25, 0.3) is 0 Å². The lowest BCUT2D eigenvalue weighted by atomic mass is 9.87. The predicted octanol–water partition coefficient (Wildman–Crippen LogP) is 5.59. The second kappa shape index (κ2) is 8.42. The highest BCUT2D eigenvalue weighted by Crippen LogP contribution is 2.23. The maximum absolute atomic E-state index is 12.3. The van der Waals surface area contributed by atoms with E-state index in [2.05, 4.69) is 55.3 Å². The molecule has 0 unspecified atom stereocenters. The minimum atomic E-state index is -0.542. The van der Waals surface area contributed by atoms with Crippen molar-refractivity contribution >= 4 is 17.8 Å². The largest absolute Gasteiger partial charge is 0.335 e. The summed E-state index contributed by atoms with van der Waals surface area (Å²) in [4.78, 5) is 12.3. The van der Waals surface area contributed by atoms with Crippen molar-refractivity contribution in [2.24, 2.45) is 5.10 Å². The lowest BCUT2D eigenvalue weighted by molar-refractivity contribution is 0.230. The number of hydrogen-bond acceptors (Lipinski definition) is 2. The smallest absolute Gasteiger partial charge is 0.328 e. The fourth-order valence-corrected chi connectivity index (χ4v) is 2.79. The van der Waals surface area contributed by atoms with Crippen molar-refractivity contribution in [3.05, 3.63) is 77.4 Å². The van der Waals surface area contributed by atoms with E-state index >= 15 is 0 Å². The molecule has 0 aromatic heterocycles. The number of amides is 2. The van der Waals surface area contributed by atoms with Crippen molar-refractivity contribution in [1.82, 2.24) is 10.7 Å². The SMILES string of the molecule is C=C(C)c1cccc(C(C)(C)NC(=O)NN=Cc2ccc(C(C)(C)C)cc2)c1. The second-order valence-corrected chi connectivity index (χ2v) is 8.68. The van der Waals surface area contributed by atoms with E-state index in [1.165, 1.54) is 5.56 Å². The molecular weight excluding hydrogens is 346 g/mol. The molecular formula is C24H31N3O. The maximum atomic E-state index is 12.3. The summed E-state index contributed by atoms with van der Waals surface area (Å²) in [6, 6.07) is 15.8. The summed E-state index contributed by atoms with van der Waals surface area (Å²) in [5.41, 5.74) is 7.36. The molecule has 2 aromatic carbocycles. The zero-order valence-electron chi connectivity index (χ0n) is 17.8. The van der Waals surface area contributed by atoms with Gasteiger partial charge < -0.3 is 5.32 Å². The molecule has 2 N–H and O–H groups in total. The summed E-state index contributed by atoms with van der Waals surface area (Å²) in [5.74, 6) is 0. The molecule has 0 aliphatic heterocycles. The zero-order valence-corrected chi connectivity index (χ0v) is 17.8. The quantitative estimate of drug-likeness (QED) is 0.518. The molecule has 2 aromatic rings. The summed E-state index contributed by atoms with van der Waals surface area (Å²) < 4.78 is 0. The monoisotopic (exact) mass is 377 g/mol. The highest BCUT2D eigenvalue weighted by Gasteiger charge is 2.23. The van der Waals surface area contributed by atoms with Crippen molar-refractivity contribution < 1.29 is 4.79 Å². The van der Waals surface area contributed by atoms with Gasteiger partial charge >= 0.3 is 6.03 Å². The number of carbonyl (C=O) groups excluding carboxylic acids is 1. The normalized spacial score (nSPS) is 12.1. The minimum absolute atomic E-state index is 0.112. The number of carbonyl (C=O) groups is 1. The lowest BCUT2D eigenvalue weighted by Gasteiger charge is -2.27. The van der Waals surface area contributed by atoms with Crippen LogP contribution in [0.5, 0.6) is 0 Å². The number of allylic oxidation sites excluding steroid dienone is 1. The van der Waals surface area contributed by atoms with E-state index in [1.807, 2.05) is 57.2 Å². The first-order valence-corrected chi connectivity index (χ1v) is 9.47. The van der Waals surface area contributed by atoms with Crippen LogP contribution in [0.3, 0.4) is 0 Å². The molecule has 0 heterocycles. The number of rotatable bonds is 5. The van der Waals surface area contributed by atoms with Crippen LogP contribution in [-0.4, -0.2) is 12.2 Å². The fourth-order valence-electron chi connectivity index (χ4n) is 2.79. The molecule has 0 atom stereocenters. The molecule has 0 saturated heterocycles. The summed E-state index contributed by atoms with van der Waals surface area (Å²) in [7, 11) is 0. The van der Waals surface area contributed by atoms with Crippen LogP contribution < -0.4 is 10.7 Å². The molecule has 0 spiro atoms. The van der Waals surface area contributed by atoms with Crippen molar-refractivity contribution in [3.8, 4) is 0 Å². The van der Waals surface area contributed by atoms with Crippen LogP contribution in [0.15, 0.2) is 60.2 Å². The summed E-state index contributed by atoms with van der Waals surface area (Å²) in [5, 5.41) is 7.02. The van der Waals surface area contributed by atoms with Crippen LogP contribution in [0.1, 0.15) is 63.8 Å². The van der Waals surface area contributed by atoms with Crippen LogP contribution in [0.25, 0.3) is 5.57 Å². The van der Waals surface area contributed by atoms with E-state index in [9.17, 15) is 4.79 Å². The van der Waals surface area contributed by atoms with Crippen LogP contribution in [0, 0.1) is 0 Å². The first-order valence-electron chi connectivity index (χ1n) is 9.47. The van der Waals surface area contributed by atoms with Gasteiger partial charge in [0.05, 0.1) is 11.8 Å². The van der Waals surface area contributed by atoms with Gasteiger partial charge in [-0.05, 0) is 54.5 Å². The molecule has 0 saturated carbocycles. The van der Waals surface area contributed by atoms with Gasteiger partial charge in [-0.25, -0.2) is 10.2 Å². The van der Waals surface area contributed by atoms with Gasteiger partial charge in [-0.15, -0.1) is 0 Å². The van der Waals surface area contributed by atoms with E-state index < -0.39 is 5.54 Å². The fraction of sp³-hybridized carbons (Fsp3) is 0.333. The van der Waals surface area contributed by atoms with Gasteiger partial charge in [-0.3, -0.25) is 0 Å². The van der Waals surface area contributed by atoms with Crippen molar-refractivity contribution in [1.29, 1.82) is 0 Å². The van der Waals surface area contributed by atoms with Crippen LogP contribution >= 0.6 is 0 Å². The molecule has 148 valence electrons. The highest BCUT2D eigenvalue weighted by atomic mass is 16.2. The van der Waals surface area contributed by atoms with Gasteiger partial charge in [-0.2, -0.15) is 5.10 Å². The number of nitrogens with one attached hydrogen (secondary N) is 2. The second-order valence-electron chi connectivity index (χ2n) is 8.68. The van der Waals surface area contributed by atoms with Crippen LogP contribution in [0.4, 0.5) is 4.79 Å². The summed E-state index contributed by atoms with van der Waals surface area (Å²) in [6.45, 7) is 16.4. The molecule has 2 amide bonds. The Bertz CT molecular complexity index is 871. The maximum Gasteiger partial charge on any atom is 0.335 e. The van der Waals surface area contributed by atoms with E-state index in [4.69, 9.17) is 0 Å². The molecule has 0 aliphatic carbocycles. The minimum Gasteiger partial charge on any atom is -0.328 e. The highest BCUT2D eigenvalue weighted by molar-refractivity contribution is 5.82. The van der Waals surface area contributed by atoms with Crippen molar-refractivity contribution in [3.63, 3.8) is 0 Å². The third-order valence-corrected chi connectivity index (χ3v) is 4.66. The molecule has 2 rings (SSSR count). The number of urea groups is 1.